The van der Waals surface area contributed by atoms with Gasteiger partial charge in [0.1, 0.15) is 0 Å². The molecule has 0 spiro atoms. The van der Waals surface area contributed by atoms with E-state index < -0.39 is 24.3 Å². The molecule has 2 aliphatic rings. The molecule has 2 aromatic carbocycles. The van der Waals surface area contributed by atoms with Gasteiger partial charge in [-0.15, -0.1) is 0 Å². The zero-order valence-corrected chi connectivity index (χ0v) is 22.4. The van der Waals surface area contributed by atoms with E-state index in [1.165, 1.54) is 5.56 Å². The van der Waals surface area contributed by atoms with Crippen molar-refractivity contribution in [3.63, 3.8) is 0 Å². The normalized spacial score (nSPS) is 19.1. The number of carbonyl (C=O) groups is 3. The van der Waals surface area contributed by atoms with E-state index in [1.54, 1.807) is 29.4 Å². The molecule has 39 heavy (non-hydrogen) atoms. The monoisotopic (exact) mass is 522 g/mol. The average Bonchev–Trinajstić information content (AvgIpc) is 3.06. The average molecular weight is 523 g/mol. The number of hydrogen-bond acceptors (Lipinski definition) is 6. The van der Waals surface area contributed by atoms with Crippen molar-refractivity contribution in [2.75, 3.05) is 10.2 Å². The maximum atomic E-state index is 14.0. The quantitative estimate of drug-likeness (QED) is 0.516. The van der Waals surface area contributed by atoms with Gasteiger partial charge in [0.25, 0.3) is 0 Å². The van der Waals surface area contributed by atoms with Gasteiger partial charge in [-0.3, -0.25) is 19.5 Å². The Hall–Kier alpha value is -4.26. The molecule has 7 heteroatoms. The summed E-state index contributed by atoms with van der Waals surface area (Å²) < 4.78 is 0. The third-order valence-corrected chi connectivity index (χ3v) is 7.57. The summed E-state index contributed by atoms with van der Waals surface area (Å²) in [5, 5.41) is 14.7. The van der Waals surface area contributed by atoms with Crippen LogP contribution in [0.5, 0.6) is 0 Å². The van der Waals surface area contributed by atoms with Gasteiger partial charge in [0.15, 0.2) is 5.78 Å². The van der Waals surface area contributed by atoms with E-state index in [4.69, 9.17) is 0 Å². The number of carbonyl (C=O) groups excluding carboxylic acids is 3. The molecule has 1 aromatic heterocycles. The highest BCUT2D eigenvalue weighted by Gasteiger charge is 2.41. The van der Waals surface area contributed by atoms with Gasteiger partial charge < -0.3 is 15.2 Å². The van der Waals surface area contributed by atoms with Crippen molar-refractivity contribution in [2.24, 2.45) is 0 Å². The lowest BCUT2D eigenvalue weighted by Gasteiger charge is -2.35. The fraction of sp³-hybridized carbons (Fsp3) is 0.312. The van der Waals surface area contributed by atoms with Crippen LogP contribution in [0, 0.1) is 0 Å². The van der Waals surface area contributed by atoms with Crippen molar-refractivity contribution >= 4 is 29.0 Å². The van der Waals surface area contributed by atoms with Gasteiger partial charge in [-0.2, -0.15) is 0 Å². The van der Waals surface area contributed by atoms with E-state index in [2.05, 4.69) is 55.3 Å². The minimum Gasteiger partial charge on any atom is -0.550 e. The van der Waals surface area contributed by atoms with Crippen molar-refractivity contribution in [3.8, 4) is 0 Å². The molecule has 200 valence electrons. The molecule has 0 saturated carbocycles. The number of para-hydroxylation sites is 2. The first-order valence-electron chi connectivity index (χ1n) is 13.3. The number of nitrogens with one attached hydrogen (secondary N) is 1. The number of benzene rings is 2. The summed E-state index contributed by atoms with van der Waals surface area (Å²) in [6, 6.07) is 18.8. The molecule has 5 rings (SSSR count). The molecule has 1 aliphatic heterocycles. The van der Waals surface area contributed by atoms with Crippen LogP contribution in [0.25, 0.3) is 0 Å². The first-order valence-corrected chi connectivity index (χ1v) is 13.3. The zero-order chi connectivity index (χ0) is 27.7. The molecule has 0 saturated heterocycles. The summed E-state index contributed by atoms with van der Waals surface area (Å²) >= 11 is 0. The standard InChI is InChI=1S/C32H33N3O4/c1-32(2,3)23-10-8-20(9-11-23)22-18-25-30(27(36)19-22)31(21-14-16-33-17-15-21)35(28(37)12-13-29(38)39)26-7-5-4-6-24(26)34-25/h4-11,14-17,22,31,34H,12-13,18-19H2,1-3H3,(H,38,39)/p-1/t22-,31-/m1/s1. The van der Waals surface area contributed by atoms with Crippen LogP contribution in [-0.2, 0) is 19.8 Å². The largest absolute Gasteiger partial charge is 0.550 e. The number of ketones is 1. The first-order chi connectivity index (χ1) is 18.6. The highest BCUT2D eigenvalue weighted by Crippen LogP contribution is 2.47. The number of rotatable bonds is 5. The summed E-state index contributed by atoms with van der Waals surface area (Å²) in [7, 11) is 0. The number of anilines is 2. The molecule has 1 amide bonds. The van der Waals surface area contributed by atoms with Crippen molar-refractivity contribution in [1.82, 2.24) is 4.98 Å². The second-order valence-electron chi connectivity index (χ2n) is 11.3. The van der Waals surface area contributed by atoms with E-state index in [1.807, 2.05) is 24.3 Å². The van der Waals surface area contributed by atoms with Crippen LogP contribution in [0.4, 0.5) is 11.4 Å². The fourth-order valence-corrected chi connectivity index (χ4v) is 5.55. The minimum absolute atomic E-state index is 0.0108. The molecule has 1 N–H and O–H groups in total. The number of carboxylic acid groups (broad SMARTS) is 1. The number of Topliss-reactive ketones (excluding diaryl/α,β-unsaturated/α-hetero) is 1. The lowest BCUT2D eigenvalue weighted by Crippen LogP contribution is -2.39. The van der Waals surface area contributed by atoms with E-state index >= 15 is 0 Å². The Labute approximate surface area is 228 Å². The lowest BCUT2D eigenvalue weighted by molar-refractivity contribution is -0.305. The molecular formula is C32H32N3O4-. The van der Waals surface area contributed by atoms with E-state index in [0.29, 0.717) is 29.8 Å². The molecule has 1 aliphatic carbocycles. The molecule has 0 radical (unpaired) electrons. The number of hydrogen-bond donors (Lipinski definition) is 1. The predicted molar refractivity (Wildman–Crippen MR) is 148 cm³/mol. The summed E-state index contributed by atoms with van der Waals surface area (Å²) in [5.41, 5.74) is 5.70. The number of carboxylic acids is 1. The van der Waals surface area contributed by atoms with Gasteiger partial charge in [0, 0.05) is 42.5 Å². The molecule has 0 bridgehead atoms. The Balaban J connectivity index is 1.62. The number of fused-ring (bicyclic) bond motifs is 1. The highest BCUT2D eigenvalue weighted by atomic mass is 16.4. The Morgan fingerprint density at radius 2 is 1.64 bits per heavy atom. The summed E-state index contributed by atoms with van der Waals surface area (Å²) in [6.45, 7) is 6.53. The van der Waals surface area contributed by atoms with E-state index in [-0.39, 0.29) is 23.5 Å². The summed E-state index contributed by atoms with van der Waals surface area (Å²) in [5.74, 6) is -1.74. The Kier molecular flexibility index (Phi) is 7.08. The smallest absolute Gasteiger partial charge is 0.228 e. The molecule has 7 nitrogen and oxygen atoms in total. The van der Waals surface area contributed by atoms with E-state index in [0.717, 1.165) is 16.8 Å². The highest BCUT2D eigenvalue weighted by molar-refractivity contribution is 6.06. The second-order valence-corrected chi connectivity index (χ2v) is 11.3. The second kappa shape index (κ2) is 10.5. The SMILES string of the molecule is CC(C)(C)c1ccc([C@H]2CC(=O)C3=C(C2)Nc2ccccc2N(C(=O)CCC(=O)[O-])[C@@H]3c2ccncc2)cc1. The van der Waals surface area contributed by atoms with Crippen LogP contribution in [-0.4, -0.2) is 22.6 Å². The van der Waals surface area contributed by atoms with Crippen molar-refractivity contribution in [2.45, 2.75) is 63.8 Å². The third kappa shape index (κ3) is 5.35. The molecule has 0 unspecified atom stereocenters. The Morgan fingerprint density at radius 3 is 2.31 bits per heavy atom. The van der Waals surface area contributed by atoms with Crippen LogP contribution in [0.15, 0.2) is 84.3 Å². The van der Waals surface area contributed by atoms with Crippen molar-refractivity contribution < 1.29 is 19.5 Å². The number of pyridine rings is 1. The zero-order valence-electron chi connectivity index (χ0n) is 22.4. The first kappa shape index (κ1) is 26.4. The summed E-state index contributed by atoms with van der Waals surface area (Å²) in [4.78, 5) is 44.6. The molecule has 3 aromatic rings. The minimum atomic E-state index is -1.29. The number of nitrogens with zero attached hydrogens (tertiary/aromatic N) is 2. The Bertz CT molecular complexity index is 1440. The van der Waals surface area contributed by atoms with Gasteiger partial charge in [0.2, 0.25) is 5.91 Å². The number of amides is 1. The topological polar surface area (TPSA) is 102 Å². The Morgan fingerprint density at radius 1 is 0.949 bits per heavy atom. The molecule has 0 fully saturated rings. The molecular weight excluding hydrogens is 490 g/mol. The van der Waals surface area contributed by atoms with Gasteiger partial charge in [0.05, 0.1) is 17.4 Å². The third-order valence-electron chi connectivity index (χ3n) is 7.57. The molecule has 2 atom stereocenters. The number of aliphatic carboxylic acids is 1. The van der Waals surface area contributed by atoms with Crippen LogP contribution in [0.3, 0.4) is 0 Å². The maximum Gasteiger partial charge on any atom is 0.228 e. The predicted octanol–water partition coefficient (Wildman–Crippen LogP) is 4.81. The van der Waals surface area contributed by atoms with Gasteiger partial charge in [-0.05, 0) is 65.1 Å². The van der Waals surface area contributed by atoms with Gasteiger partial charge in [-0.25, -0.2) is 0 Å². The fourth-order valence-electron chi connectivity index (χ4n) is 5.55. The van der Waals surface area contributed by atoms with Crippen LogP contribution in [0.2, 0.25) is 0 Å². The van der Waals surface area contributed by atoms with Crippen LogP contribution >= 0.6 is 0 Å². The number of aromatic nitrogens is 1. The van der Waals surface area contributed by atoms with Crippen LogP contribution < -0.4 is 15.3 Å². The van der Waals surface area contributed by atoms with E-state index in [9.17, 15) is 19.5 Å². The number of allylic oxidation sites excluding steroid dienone is 1. The van der Waals surface area contributed by atoms with Crippen molar-refractivity contribution in [1.29, 1.82) is 0 Å². The lowest BCUT2D eigenvalue weighted by atomic mass is 9.77. The van der Waals surface area contributed by atoms with Crippen LogP contribution in [0.1, 0.15) is 75.1 Å². The van der Waals surface area contributed by atoms with Gasteiger partial charge in [-0.1, -0.05) is 57.2 Å². The summed E-state index contributed by atoms with van der Waals surface area (Å²) in [6.07, 6.45) is 3.55. The van der Waals surface area contributed by atoms with Gasteiger partial charge >= 0.3 is 0 Å². The van der Waals surface area contributed by atoms with Crippen molar-refractivity contribution in [3.05, 3.63) is 101 Å². The maximum absolute atomic E-state index is 14.0. The molecule has 2 heterocycles.